The predicted molar refractivity (Wildman–Crippen MR) is 130 cm³/mol. The molecular weight excluding hydrogens is 432 g/mol. The smallest absolute Gasteiger partial charge is 0.358 e. The first-order valence-electron chi connectivity index (χ1n) is 11.1. The number of carbonyl (C=O) groups is 1. The maximum absolute atomic E-state index is 12.6. The number of allylic oxidation sites excluding steroid dienone is 1. The Morgan fingerprint density at radius 3 is 2.65 bits per heavy atom. The quantitative estimate of drug-likeness (QED) is 0.407. The van der Waals surface area contributed by atoms with Gasteiger partial charge in [0, 0.05) is 31.3 Å². The van der Waals surface area contributed by atoms with Gasteiger partial charge in [-0.15, -0.1) is 0 Å². The van der Waals surface area contributed by atoms with E-state index in [1.165, 1.54) is 5.56 Å². The molecule has 0 bridgehead atoms. The number of hydrazine groups is 1. The van der Waals surface area contributed by atoms with E-state index in [-0.39, 0.29) is 12.3 Å². The number of methoxy groups -OCH3 is 1. The highest BCUT2D eigenvalue weighted by atomic mass is 16.5. The second kappa shape index (κ2) is 9.98. The molecule has 0 radical (unpaired) electrons. The fourth-order valence-electron chi connectivity index (χ4n) is 4.14. The van der Waals surface area contributed by atoms with E-state index < -0.39 is 5.97 Å². The lowest BCUT2D eigenvalue weighted by molar-refractivity contribution is 0.0519. The number of nitrogens with zero attached hydrogens (tertiary/aromatic N) is 4. The molecule has 1 aromatic heterocycles. The molecule has 3 aromatic rings. The summed E-state index contributed by atoms with van der Waals surface area (Å²) in [6.07, 6.45) is 1.92. The lowest BCUT2D eigenvalue weighted by atomic mass is 10.1. The lowest BCUT2D eigenvalue weighted by Crippen LogP contribution is -2.36. The van der Waals surface area contributed by atoms with Gasteiger partial charge >= 0.3 is 5.97 Å². The number of esters is 1. The van der Waals surface area contributed by atoms with Crippen molar-refractivity contribution in [3.05, 3.63) is 83.2 Å². The summed E-state index contributed by atoms with van der Waals surface area (Å²) in [6.45, 7) is 3.24. The number of ether oxygens (including phenoxy) is 2. The number of fused-ring (bicyclic) bond motifs is 3. The van der Waals surface area contributed by atoms with Crippen LogP contribution in [-0.2, 0) is 17.7 Å². The molecule has 0 atom stereocenters. The van der Waals surface area contributed by atoms with Crippen LogP contribution in [0.5, 0.6) is 5.75 Å². The maximum atomic E-state index is 12.6. The summed E-state index contributed by atoms with van der Waals surface area (Å²) in [5.41, 5.74) is 11.5. The van der Waals surface area contributed by atoms with Crippen LogP contribution in [0.2, 0.25) is 0 Å². The Balaban J connectivity index is 1.76. The molecule has 9 nitrogen and oxygen atoms in total. The molecule has 1 aliphatic rings. The van der Waals surface area contributed by atoms with Crippen molar-refractivity contribution in [1.82, 2.24) is 14.5 Å². The fraction of sp³-hybridized carbons (Fsp3) is 0.280. The molecule has 0 fully saturated rings. The highest BCUT2D eigenvalue weighted by molar-refractivity contribution is 5.89. The van der Waals surface area contributed by atoms with Crippen molar-refractivity contribution in [3.63, 3.8) is 0 Å². The van der Waals surface area contributed by atoms with E-state index in [9.17, 15) is 4.79 Å². The Kier molecular flexibility index (Phi) is 6.85. The lowest BCUT2D eigenvalue weighted by Gasteiger charge is -2.25. The summed E-state index contributed by atoms with van der Waals surface area (Å²) >= 11 is 0. The molecule has 178 valence electrons. The van der Waals surface area contributed by atoms with Crippen LogP contribution in [0.4, 0.5) is 5.69 Å². The van der Waals surface area contributed by atoms with Crippen molar-refractivity contribution in [2.75, 3.05) is 32.3 Å². The number of carbonyl (C=O) groups excluding carboxylic acids is 1. The van der Waals surface area contributed by atoms with Crippen LogP contribution in [0.25, 0.3) is 5.69 Å². The van der Waals surface area contributed by atoms with E-state index in [0.29, 0.717) is 41.5 Å². The van der Waals surface area contributed by atoms with Gasteiger partial charge in [-0.25, -0.2) is 15.6 Å². The van der Waals surface area contributed by atoms with Gasteiger partial charge in [0.1, 0.15) is 12.1 Å². The Morgan fingerprint density at radius 1 is 1.18 bits per heavy atom. The zero-order valence-corrected chi connectivity index (χ0v) is 19.7. The highest BCUT2D eigenvalue weighted by Gasteiger charge is 2.29. The minimum absolute atomic E-state index is 0.252. The minimum atomic E-state index is -0.476. The van der Waals surface area contributed by atoms with E-state index in [1.54, 1.807) is 25.4 Å². The Hall–Kier alpha value is -3.82. The Bertz CT molecular complexity index is 1200. The Labute approximate surface area is 199 Å². The van der Waals surface area contributed by atoms with Crippen molar-refractivity contribution >= 4 is 11.7 Å². The largest absolute Gasteiger partial charge is 0.497 e. The SMILES string of the molecule is CCOC(=O)c1ncn2c1C/C(=C(/N)CN(C)Cc1ccccc1)N(N)c1cc(OC)ccc1-2. The molecule has 2 aromatic carbocycles. The van der Waals surface area contributed by atoms with E-state index in [4.69, 9.17) is 21.1 Å². The molecule has 34 heavy (non-hydrogen) atoms. The fourth-order valence-corrected chi connectivity index (χ4v) is 4.14. The van der Waals surface area contributed by atoms with Gasteiger partial charge in [-0.2, -0.15) is 0 Å². The first-order valence-corrected chi connectivity index (χ1v) is 11.1. The second-order valence-corrected chi connectivity index (χ2v) is 8.16. The molecule has 9 heteroatoms. The Morgan fingerprint density at radius 2 is 1.94 bits per heavy atom. The molecular formula is C25H30N6O3. The number of anilines is 1. The first kappa shape index (κ1) is 23.3. The molecule has 0 aliphatic carbocycles. The number of benzene rings is 2. The topological polar surface area (TPSA) is 112 Å². The second-order valence-electron chi connectivity index (χ2n) is 8.16. The molecule has 0 saturated carbocycles. The zero-order valence-electron chi connectivity index (χ0n) is 19.7. The molecule has 4 N–H and O–H groups in total. The number of likely N-dealkylation sites (N-methyl/N-ethyl adjacent to an activating group) is 1. The molecule has 1 aliphatic heterocycles. The summed E-state index contributed by atoms with van der Waals surface area (Å²) in [5.74, 6) is 6.82. The number of imidazole rings is 1. The first-order chi connectivity index (χ1) is 16.4. The average molecular weight is 463 g/mol. The van der Waals surface area contributed by atoms with Gasteiger partial charge in [0.15, 0.2) is 5.69 Å². The molecule has 2 heterocycles. The van der Waals surface area contributed by atoms with Gasteiger partial charge in [-0.3, -0.25) is 14.5 Å². The van der Waals surface area contributed by atoms with E-state index in [2.05, 4.69) is 22.0 Å². The normalized spacial score (nSPS) is 14.3. The van der Waals surface area contributed by atoms with Crippen molar-refractivity contribution in [2.24, 2.45) is 11.6 Å². The number of rotatable bonds is 7. The summed E-state index contributed by atoms with van der Waals surface area (Å²) < 4.78 is 12.5. The van der Waals surface area contributed by atoms with E-state index in [0.717, 1.165) is 12.2 Å². The number of nitrogens with two attached hydrogens (primary N) is 2. The standard InChI is InChI=1S/C25H30N6O3/c1-4-34-25(32)24-23-13-21(19(26)15-29(2)14-17-8-6-5-7-9-17)31(27)22-12-18(33-3)10-11-20(22)30(23)16-28-24/h5-12,16H,4,13-15,26-27H2,1-3H3/b21-19-. The van der Waals surface area contributed by atoms with Gasteiger partial charge in [-0.1, -0.05) is 30.3 Å². The molecule has 0 saturated heterocycles. The van der Waals surface area contributed by atoms with Crippen LogP contribution in [0.3, 0.4) is 0 Å². The molecule has 0 amide bonds. The van der Waals surface area contributed by atoms with Crippen LogP contribution >= 0.6 is 0 Å². The van der Waals surface area contributed by atoms with Gasteiger partial charge < -0.3 is 15.2 Å². The zero-order chi connectivity index (χ0) is 24.2. The number of aromatic nitrogens is 2. The summed E-state index contributed by atoms with van der Waals surface area (Å²) in [6, 6.07) is 15.7. The van der Waals surface area contributed by atoms with Crippen LogP contribution in [0.1, 0.15) is 28.7 Å². The van der Waals surface area contributed by atoms with Gasteiger partial charge in [0.25, 0.3) is 0 Å². The highest BCUT2D eigenvalue weighted by Crippen LogP contribution is 2.36. The average Bonchev–Trinajstić information content (AvgIpc) is 3.21. The van der Waals surface area contributed by atoms with Crippen LogP contribution < -0.4 is 21.3 Å². The molecule has 0 unspecified atom stereocenters. The number of hydrogen-bond acceptors (Lipinski definition) is 8. The third-order valence-electron chi connectivity index (χ3n) is 5.77. The van der Waals surface area contributed by atoms with Gasteiger partial charge in [-0.05, 0) is 31.7 Å². The minimum Gasteiger partial charge on any atom is -0.497 e. The van der Waals surface area contributed by atoms with E-state index in [1.807, 2.05) is 48.0 Å². The predicted octanol–water partition coefficient (Wildman–Crippen LogP) is 2.60. The summed E-state index contributed by atoms with van der Waals surface area (Å²) in [4.78, 5) is 19.1. The van der Waals surface area contributed by atoms with Crippen LogP contribution in [-0.4, -0.2) is 47.7 Å². The van der Waals surface area contributed by atoms with E-state index >= 15 is 0 Å². The van der Waals surface area contributed by atoms with Crippen molar-refractivity contribution in [2.45, 2.75) is 19.9 Å². The van der Waals surface area contributed by atoms with Crippen molar-refractivity contribution < 1.29 is 14.3 Å². The van der Waals surface area contributed by atoms with Gasteiger partial charge in [0.05, 0.1) is 36.5 Å². The maximum Gasteiger partial charge on any atom is 0.358 e. The van der Waals surface area contributed by atoms with Crippen molar-refractivity contribution in [1.29, 1.82) is 0 Å². The van der Waals surface area contributed by atoms with Crippen LogP contribution in [0, 0.1) is 0 Å². The summed E-state index contributed by atoms with van der Waals surface area (Å²) in [5, 5.41) is 1.57. The number of hydrogen-bond donors (Lipinski definition) is 2. The molecule has 0 spiro atoms. The van der Waals surface area contributed by atoms with Gasteiger partial charge in [0.2, 0.25) is 0 Å². The van der Waals surface area contributed by atoms with Crippen LogP contribution in [0.15, 0.2) is 66.3 Å². The molecule has 4 rings (SSSR count). The van der Waals surface area contributed by atoms with Crippen molar-refractivity contribution in [3.8, 4) is 11.4 Å². The summed E-state index contributed by atoms with van der Waals surface area (Å²) in [7, 11) is 3.60. The third-order valence-corrected chi connectivity index (χ3v) is 5.77. The monoisotopic (exact) mass is 462 g/mol. The third kappa shape index (κ3) is 4.61.